The lowest BCUT2D eigenvalue weighted by atomic mass is 10.2. The summed E-state index contributed by atoms with van der Waals surface area (Å²) < 4.78 is 12.6. The highest BCUT2D eigenvalue weighted by Crippen LogP contribution is 2.14. The first-order chi connectivity index (χ1) is 8.72. The Bertz CT molecular complexity index is 511. The van der Waals surface area contributed by atoms with Crippen LogP contribution < -0.4 is 4.74 Å². The number of hydrogen-bond donors (Lipinski definition) is 0. The number of rotatable bonds is 5. The maximum atomic E-state index is 5.12. The molecule has 18 heavy (non-hydrogen) atoms. The molecule has 0 saturated heterocycles. The molecule has 0 N–H and O–H groups in total. The van der Waals surface area contributed by atoms with Crippen molar-refractivity contribution in [2.24, 2.45) is 0 Å². The van der Waals surface area contributed by atoms with Gasteiger partial charge in [-0.15, -0.1) is 5.10 Å². The number of ether oxygens (including phenoxy) is 2. The van der Waals surface area contributed by atoms with Crippen molar-refractivity contribution < 1.29 is 9.47 Å². The first-order valence-corrected chi connectivity index (χ1v) is 6.23. The zero-order valence-corrected chi connectivity index (χ0v) is 11.8. The molecule has 0 atom stereocenters. The minimum absolute atomic E-state index is 0.439. The predicted octanol–water partition coefficient (Wildman–Crippen LogP) is 2.24. The second-order valence-corrected chi connectivity index (χ2v) is 4.45. The van der Waals surface area contributed by atoms with Gasteiger partial charge in [0.05, 0.1) is 13.7 Å². The Morgan fingerprint density at radius 1 is 1.22 bits per heavy atom. The Kier molecular flexibility index (Phi) is 4.33. The van der Waals surface area contributed by atoms with Gasteiger partial charge in [-0.05, 0) is 33.6 Å². The van der Waals surface area contributed by atoms with Crippen LogP contribution in [0.3, 0.4) is 0 Å². The molecular weight excluding hydrogens is 298 g/mol. The lowest BCUT2D eigenvalue weighted by Crippen LogP contribution is -2.07. The van der Waals surface area contributed by atoms with Crippen LogP contribution in [0.5, 0.6) is 5.75 Å². The van der Waals surface area contributed by atoms with Crippen LogP contribution in [0.1, 0.15) is 11.4 Å². The zero-order chi connectivity index (χ0) is 13.0. The fourth-order valence-corrected chi connectivity index (χ4v) is 2.01. The molecule has 0 aliphatic heterocycles. The third-order valence-electron chi connectivity index (χ3n) is 2.49. The third kappa shape index (κ3) is 3.08. The Morgan fingerprint density at radius 2 is 1.94 bits per heavy atom. The largest absolute Gasteiger partial charge is 0.497 e. The van der Waals surface area contributed by atoms with E-state index in [0.717, 1.165) is 17.1 Å². The molecule has 0 unspecified atom stereocenters. The summed E-state index contributed by atoms with van der Waals surface area (Å²) in [5.74, 6) is 1.64. The maximum absolute atomic E-state index is 5.12. The quantitative estimate of drug-likeness (QED) is 0.849. The average molecular weight is 312 g/mol. The number of halogens is 1. The van der Waals surface area contributed by atoms with Crippen molar-refractivity contribution in [1.29, 1.82) is 0 Å². The molecule has 5 nitrogen and oxygen atoms in total. The highest BCUT2D eigenvalue weighted by atomic mass is 79.9. The molecule has 0 bridgehead atoms. The minimum atomic E-state index is 0.439. The molecule has 0 saturated carbocycles. The summed E-state index contributed by atoms with van der Waals surface area (Å²) in [7, 11) is 3.29. The molecule has 6 heteroatoms. The summed E-state index contributed by atoms with van der Waals surface area (Å²) >= 11 is 3.27. The second-order valence-electron chi connectivity index (χ2n) is 3.74. The standard InChI is InChI=1S/C12H14BrN3O2/c1-17-8-11-14-12(13)15-16(11)7-9-3-5-10(18-2)6-4-9/h3-6H,7-8H2,1-2H3. The molecule has 0 spiro atoms. The van der Waals surface area contributed by atoms with Crippen LogP contribution in [0.15, 0.2) is 29.0 Å². The van der Waals surface area contributed by atoms with Gasteiger partial charge in [-0.3, -0.25) is 0 Å². The number of hydrogen-bond acceptors (Lipinski definition) is 4. The van der Waals surface area contributed by atoms with Gasteiger partial charge >= 0.3 is 0 Å². The molecule has 96 valence electrons. The molecular formula is C12H14BrN3O2. The van der Waals surface area contributed by atoms with Gasteiger partial charge in [0.25, 0.3) is 0 Å². The van der Waals surface area contributed by atoms with Crippen LogP contribution >= 0.6 is 15.9 Å². The number of benzene rings is 1. The summed E-state index contributed by atoms with van der Waals surface area (Å²) in [5.41, 5.74) is 1.13. The molecule has 2 aromatic rings. The molecule has 0 aliphatic carbocycles. The first-order valence-electron chi connectivity index (χ1n) is 5.44. The van der Waals surface area contributed by atoms with Crippen LogP contribution in [-0.2, 0) is 17.9 Å². The Balaban J connectivity index is 2.16. The molecule has 0 fully saturated rings. The van der Waals surface area contributed by atoms with E-state index in [1.807, 2.05) is 28.9 Å². The third-order valence-corrected chi connectivity index (χ3v) is 2.82. The average Bonchev–Trinajstić information content (AvgIpc) is 2.71. The summed E-state index contributed by atoms with van der Waals surface area (Å²) in [6.45, 7) is 1.09. The van der Waals surface area contributed by atoms with E-state index in [1.165, 1.54) is 0 Å². The van der Waals surface area contributed by atoms with E-state index in [9.17, 15) is 0 Å². The molecule has 0 radical (unpaired) electrons. The van der Waals surface area contributed by atoms with Crippen molar-refractivity contribution in [3.05, 3.63) is 40.4 Å². The van der Waals surface area contributed by atoms with Crippen LogP contribution in [0.4, 0.5) is 0 Å². The number of methoxy groups -OCH3 is 2. The van der Waals surface area contributed by atoms with E-state index >= 15 is 0 Å². The van der Waals surface area contributed by atoms with Crippen molar-refractivity contribution >= 4 is 15.9 Å². The Hall–Kier alpha value is -1.40. The summed E-state index contributed by atoms with van der Waals surface area (Å²) in [5, 5.41) is 4.28. The van der Waals surface area contributed by atoms with Crippen molar-refractivity contribution in [3.8, 4) is 5.75 Å². The number of aromatic nitrogens is 3. The van der Waals surface area contributed by atoms with E-state index in [4.69, 9.17) is 9.47 Å². The van der Waals surface area contributed by atoms with Gasteiger partial charge in [0, 0.05) is 7.11 Å². The van der Waals surface area contributed by atoms with Gasteiger partial charge in [0.1, 0.15) is 12.4 Å². The predicted molar refractivity (Wildman–Crippen MR) is 70.5 cm³/mol. The highest BCUT2D eigenvalue weighted by molar-refractivity contribution is 9.10. The van der Waals surface area contributed by atoms with E-state index in [-0.39, 0.29) is 0 Å². The minimum Gasteiger partial charge on any atom is -0.497 e. The molecule has 1 aromatic heterocycles. The first kappa shape index (κ1) is 13.0. The lowest BCUT2D eigenvalue weighted by molar-refractivity contribution is 0.173. The monoisotopic (exact) mass is 311 g/mol. The van der Waals surface area contributed by atoms with Crippen LogP contribution in [0, 0.1) is 0 Å². The van der Waals surface area contributed by atoms with Gasteiger partial charge in [0.2, 0.25) is 4.73 Å². The van der Waals surface area contributed by atoms with Crippen LogP contribution in [0.25, 0.3) is 0 Å². The van der Waals surface area contributed by atoms with E-state index in [1.54, 1.807) is 14.2 Å². The van der Waals surface area contributed by atoms with E-state index < -0.39 is 0 Å². The van der Waals surface area contributed by atoms with Crippen molar-refractivity contribution in [3.63, 3.8) is 0 Å². The van der Waals surface area contributed by atoms with Crippen molar-refractivity contribution in [2.75, 3.05) is 14.2 Å². The van der Waals surface area contributed by atoms with Crippen LogP contribution in [0.2, 0.25) is 0 Å². The summed E-state index contributed by atoms with van der Waals surface area (Å²) in [4.78, 5) is 4.25. The molecule has 0 amide bonds. The fraction of sp³-hybridized carbons (Fsp3) is 0.333. The molecule has 0 aliphatic rings. The van der Waals surface area contributed by atoms with Gasteiger partial charge in [0.15, 0.2) is 5.82 Å². The van der Waals surface area contributed by atoms with Crippen molar-refractivity contribution in [2.45, 2.75) is 13.2 Å². The maximum Gasteiger partial charge on any atom is 0.217 e. The van der Waals surface area contributed by atoms with Gasteiger partial charge in [-0.1, -0.05) is 12.1 Å². The van der Waals surface area contributed by atoms with Gasteiger partial charge in [-0.2, -0.15) is 0 Å². The Morgan fingerprint density at radius 3 is 2.56 bits per heavy atom. The fourth-order valence-electron chi connectivity index (χ4n) is 1.61. The number of nitrogens with zero attached hydrogens (tertiary/aromatic N) is 3. The smallest absolute Gasteiger partial charge is 0.217 e. The Labute approximate surface area is 114 Å². The van der Waals surface area contributed by atoms with Crippen LogP contribution in [-0.4, -0.2) is 29.0 Å². The highest BCUT2D eigenvalue weighted by Gasteiger charge is 2.08. The molecule has 1 heterocycles. The normalized spacial score (nSPS) is 10.6. The summed E-state index contributed by atoms with van der Waals surface area (Å²) in [6.07, 6.45) is 0. The second kappa shape index (κ2) is 5.97. The SMILES string of the molecule is COCc1nc(Br)nn1Cc1ccc(OC)cc1. The molecule has 1 aromatic carbocycles. The van der Waals surface area contributed by atoms with Gasteiger partial charge < -0.3 is 9.47 Å². The topological polar surface area (TPSA) is 49.2 Å². The van der Waals surface area contributed by atoms with Gasteiger partial charge in [-0.25, -0.2) is 9.67 Å². The van der Waals surface area contributed by atoms with E-state index in [0.29, 0.717) is 17.9 Å². The van der Waals surface area contributed by atoms with E-state index in [2.05, 4.69) is 26.0 Å². The van der Waals surface area contributed by atoms with Crippen molar-refractivity contribution in [1.82, 2.24) is 14.8 Å². The zero-order valence-electron chi connectivity index (χ0n) is 10.3. The lowest BCUT2D eigenvalue weighted by Gasteiger charge is -2.06. The molecule has 2 rings (SSSR count). The summed E-state index contributed by atoms with van der Waals surface area (Å²) in [6, 6.07) is 7.87.